The molecule has 2 rings (SSSR count). The molecule has 0 bridgehead atoms. The van der Waals surface area contributed by atoms with Crippen molar-refractivity contribution in [2.24, 2.45) is 5.92 Å². The number of nitro benzene ring substituents is 1. The van der Waals surface area contributed by atoms with Gasteiger partial charge in [0.25, 0.3) is 11.6 Å². The molecule has 37 heavy (non-hydrogen) atoms. The summed E-state index contributed by atoms with van der Waals surface area (Å²) in [6.07, 6.45) is 2.49. The second-order valence-electron chi connectivity index (χ2n) is 10.3. The van der Waals surface area contributed by atoms with Crippen LogP contribution in [-0.4, -0.2) is 33.9 Å². The van der Waals surface area contributed by atoms with Crippen LogP contribution in [0.1, 0.15) is 77.6 Å². The molecule has 2 aromatic carbocycles. The zero-order valence-electron chi connectivity index (χ0n) is 22.5. The summed E-state index contributed by atoms with van der Waals surface area (Å²) >= 11 is 1.46. The second kappa shape index (κ2) is 14.1. The summed E-state index contributed by atoms with van der Waals surface area (Å²) in [5, 5.41) is 13.9. The number of nitrogens with one attached hydrogen (secondary N) is 1. The van der Waals surface area contributed by atoms with Crippen LogP contribution in [0.25, 0.3) is 0 Å². The normalized spacial score (nSPS) is 13.2. The molecule has 2 unspecified atom stereocenters. The number of carbonyl (C=O) groups excluding carboxylic acids is 2. The molecule has 8 nitrogen and oxygen atoms in total. The molecule has 0 aliphatic heterocycles. The summed E-state index contributed by atoms with van der Waals surface area (Å²) in [4.78, 5) is 36.9. The molecule has 0 spiro atoms. The molecule has 0 aliphatic carbocycles. The molecule has 0 heterocycles. The van der Waals surface area contributed by atoms with Crippen LogP contribution in [0.15, 0.2) is 53.4 Å². The number of anilines is 1. The van der Waals surface area contributed by atoms with E-state index in [1.807, 2.05) is 34.6 Å². The molecule has 9 heteroatoms. The molecule has 2 atom stereocenters. The Morgan fingerprint density at radius 2 is 1.68 bits per heavy atom. The fraction of sp³-hybridized carbons (Fsp3) is 0.500. The monoisotopic (exact) mass is 530 g/mol. The Bertz CT molecular complexity index is 1030. The van der Waals surface area contributed by atoms with E-state index in [4.69, 9.17) is 9.47 Å². The largest absolute Gasteiger partial charge is 0.456 e. The maximum atomic E-state index is 13.2. The van der Waals surface area contributed by atoms with E-state index in [1.165, 1.54) is 23.9 Å². The van der Waals surface area contributed by atoms with E-state index in [2.05, 4.69) is 12.2 Å². The number of nitro groups is 1. The Balaban J connectivity index is 2.12. The van der Waals surface area contributed by atoms with Crippen molar-refractivity contribution in [3.63, 3.8) is 0 Å². The Morgan fingerprint density at radius 3 is 2.19 bits per heavy atom. The number of carbonyl (C=O) groups is 2. The van der Waals surface area contributed by atoms with Crippen LogP contribution >= 0.6 is 11.8 Å². The van der Waals surface area contributed by atoms with E-state index >= 15 is 0 Å². The van der Waals surface area contributed by atoms with Crippen LogP contribution in [0, 0.1) is 16.0 Å². The maximum Gasteiger partial charge on any atom is 0.338 e. The first-order valence-electron chi connectivity index (χ1n) is 12.6. The molecule has 1 amide bonds. The number of non-ortho nitro benzene ring substituents is 1. The van der Waals surface area contributed by atoms with Crippen molar-refractivity contribution >= 4 is 35.0 Å². The lowest BCUT2D eigenvalue weighted by molar-refractivity contribution is -0.384. The highest BCUT2D eigenvalue weighted by Crippen LogP contribution is 2.31. The van der Waals surface area contributed by atoms with Crippen molar-refractivity contribution in [3.8, 4) is 0 Å². The molecule has 0 radical (unpaired) electrons. The van der Waals surface area contributed by atoms with Crippen LogP contribution in [0.3, 0.4) is 0 Å². The summed E-state index contributed by atoms with van der Waals surface area (Å²) in [5.41, 5.74) is 0.118. The van der Waals surface area contributed by atoms with Gasteiger partial charge in [-0.05, 0) is 75.9 Å². The average molecular weight is 531 g/mol. The highest BCUT2D eigenvalue weighted by atomic mass is 32.2. The summed E-state index contributed by atoms with van der Waals surface area (Å²) in [6, 6.07) is 12.9. The third-order valence-corrected chi connectivity index (χ3v) is 6.34. The summed E-state index contributed by atoms with van der Waals surface area (Å²) in [5.74, 6) is -0.459. The van der Waals surface area contributed by atoms with Gasteiger partial charge in [-0.15, -0.1) is 0 Å². The zero-order valence-corrected chi connectivity index (χ0v) is 23.3. The predicted octanol–water partition coefficient (Wildman–Crippen LogP) is 7.23. The molecule has 2 aromatic rings. The molecular formula is C28H38N2O6S. The standard InChI is InChI=1S/C28H38N2O6S/c1-7-8-9-25(37-23-16-14-22(15-17-23)30(33)34)35-24(18-19(2)3)26(31)29-21-12-10-20(11-13-21)27(32)36-28(4,5)6/h10-17,19,24-25H,7-9,18H2,1-6H3,(H,29,31). The maximum absolute atomic E-state index is 13.2. The number of nitrogens with zero attached hydrogens (tertiary/aromatic N) is 1. The zero-order chi connectivity index (χ0) is 27.6. The van der Waals surface area contributed by atoms with Gasteiger partial charge in [0.2, 0.25) is 0 Å². The number of amides is 1. The van der Waals surface area contributed by atoms with Crippen molar-refractivity contribution in [2.45, 2.75) is 89.3 Å². The number of ether oxygens (including phenoxy) is 2. The number of esters is 1. The van der Waals surface area contributed by atoms with E-state index in [0.29, 0.717) is 17.7 Å². The van der Waals surface area contributed by atoms with Crippen LogP contribution < -0.4 is 5.32 Å². The lowest BCUT2D eigenvalue weighted by Crippen LogP contribution is -2.34. The van der Waals surface area contributed by atoms with E-state index in [-0.39, 0.29) is 22.9 Å². The van der Waals surface area contributed by atoms with Crippen molar-refractivity contribution in [1.29, 1.82) is 0 Å². The highest BCUT2D eigenvalue weighted by Gasteiger charge is 2.26. The fourth-order valence-electron chi connectivity index (χ4n) is 3.41. The Hall–Kier alpha value is -2.91. The van der Waals surface area contributed by atoms with Gasteiger partial charge in [0, 0.05) is 22.7 Å². The number of hydrogen-bond donors (Lipinski definition) is 1. The van der Waals surface area contributed by atoms with E-state index < -0.39 is 22.6 Å². The third kappa shape index (κ3) is 10.9. The van der Waals surface area contributed by atoms with Crippen LogP contribution in [0.4, 0.5) is 11.4 Å². The van der Waals surface area contributed by atoms with Crippen molar-refractivity contribution in [3.05, 3.63) is 64.2 Å². The van der Waals surface area contributed by atoms with E-state index in [9.17, 15) is 19.7 Å². The molecule has 0 saturated heterocycles. The van der Waals surface area contributed by atoms with Crippen LogP contribution in [-0.2, 0) is 14.3 Å². The number of thioether (sulfide) groups is 1. The van der Waals surface area contributed by atoms with E-state index in [0.717, 1.165) is 24.2 Å². The van der Waals surface area contributed by atoms with Gasteiger partial charge in [0.15, 0.2) is 0 Å². The molecular weight excluding hydrogens is 492 g/mol. The van der Waals surface area contributed by atoms with Gasteiger partial charge in [0.1, 0.15) is 17.1 Å². The number of unbranched alkanes of at least 4 members (excludes halogenated alkanes) is 1. The van der Waals surface area contributed by atoms with Gasteiger partial charge < -0.3 is 14.8 Å². The summed E-state index contributed by atoms with van der Waals surface area (Å²) in [6.45, 7) is 11.6. The first-order chi connectivity index (χ1) is 17.4. The smallest absolute Gasteiger partial charge is 0.338 e. The Kier molecular flexibility index (Phi) is 11.6. The average Bonchev–Trinajstić information content (AvgIpc) is 2.81. The van der Waals surface area contributed by atoms with Gasteiger partial charge in [-0.2, -0.15) is 0 Å². The topological polar surface area (TPSA) is 108 Å². The van der Waals surface area contributed by atoms with Gasteiger partial charge in [-0.1, -0.05) is 45.4 Å². The first-order valence-corrected chi connectivity index (χ1v) is 13.5. The van der Waals surface area contributed by atoms with Crippen molar-refractivity contribution in [1.82, 2.24) is 0 Å². The molecule has 0 aromatic heterocycles. The summed E-state index contributed by atoms with van der Waals surface area (Å²) < 4.78 is 11.7. The fourth-order valence-corrected chi connectivity index (χ4v) is 4.48. The number of rotatable bonds is 13. The molecule has 0 aliphatic rings. The quantitative estimate of drug-likeness (QED) is 0.0957. The number of benzene rings is 2. The molecule has 1 N–H and O–H groups in total. The SMILES string of the molecule is CCCCC(OC(CC(C)C)C(=O)Nc1ccc(C(=O)OC(C)(C)C)cc1)Sc1ccc([N+](=O)[O-])cc1. The Labute approximate surface area is 223 Å². The van der Waals surface area contributed by atoms with Crippen LogP contribution in [0.2, 0.25) is 0 Å². The lowest BCUT2D eigenvalue weighted by Gasteiger charge is -2.25. The van der Waals surface area contributed by atoms with E-state index in [1.54, 1.807) is 36.4 Å². The van der Waals surface area contributed by atoms with Gasteiger partial charge >= 0.3 is 5.97 Å². The number of hydrogen-bond acceptors (Lipinski definition) is 7. The van der Waals surface area contributed by atoms with Crippen molar-refractivity contribution in [2.75, 3.05) is 5.32 Å². The minimum atomic E-state index is -0.682. The lowest BCUT2D eigenvalue weighted by atomic mass is 10.0. The Morgan fingerprint density at radius 1 is 1.05 bits per heavy atom. The first kappa shape index (κ1) is 30.3. The third-order valence-electron chi connectivity index (χ3n) is 5.19. The van der Waals surface area contributed by atoms with Crippen LogP contribution in [0.5, 0.6) is 0 Å². The van der Waals surface area contributed by atoms with Gasteiger partial charge in [-0.3, -0.25) is 14.9 Å². The molecule has 0 fully saturated rings. The second-order valence-corrected chi connectivity index (χ2v) is 11.5. The minimum Gasteiger partial charge on any atom is -0.456 e. The molecule has 0 saturated carbocycles. The van der Waals surface area contributed by atoms with Crippen molar-refractivity contribution < 1.29 is 24.0 Å². The van der Waals surface area contributed by atoms with Gasteiger partial charge in [0.05, 0.1) is 10.5 Å². The molecule has 202 valence electrons. The predicted molar refractivity (Wildman–Crippen MR) is 147 cm³/mol. The minimum absolute atomic E-state index is 0.0325. The van der Waals surface area contributed by atoms with Gasteiger partial charge in [-0.25, -0.2) is 4.79 Å². The summed E-state index contributed by atoms with van der Waals surface area (Å²) in [7, 11) is 0. The highest BCUT2D eigenvalue weighted by molar-refractivity contribution is 7.99.